The van der Waals surface area contributed by atoms with Crippen LogP contribution in [0.25, 0.3) is 32.4 Å². The molecular weight excluding hydrogens is 469 g/mol. The number of thiophene rings is 1. The van der Waals surface area contributed by atoms with Crippen LogP contribution in [0.2, 0.25) is 0 Å². The lowest BCUT2D eigenvalue weighted by Gasteiger charge is -2.08. The summed E-state index contributed by atoms with van der Waals surface area (Å²) in [6.45, 7) is 5.12. The molecule has 35 heavy (non-hydrogen) atoms. The summed E-state index contributed by atoms with van der Waals surface area (Å²) in [6.07, 6.45) is 1.33. The molecule has 176 valence electrons. The number of benzene rings is 2. The van der Waals surface area contributed by atoms with Crippen molar-refractivity contribution in [1.82, 2.24) is 19.7 Å². The Bertz CT molecular complexity index is 1650. The number of amides is 1. The number of hydrogen-bond acceptors (Lipinski definition) is 7. The van der Waals surface area contributed by atoms with Crippen LogP contribution in [0.5, 0.6) is 0 Å². The summed E-state index contributed by atoms with van der Waals surface area (Å²) in [4.78, 5) is 35.7. The van der Waals surface area contributed by atoms with E-state index < -0.39 is 11.7 Å². The third-order valence-electron chi connectivity index (χ3n) is 5.69. The molecule has 0 saturated heterocycles. The number of carbonyl (C=O) groups is 1. The number of aryl methyl sites for hydroxylation is 3. The highest BCUT2D eigenvalue weighted by molar-refractivity contribution is 7.22. The lowest BCUT2D eigenvalue weighted by Crippen LogP contribution is -2.27. The molecule has 0 aliphatic carbocycles. The van der Waals surface area contributed by atoms with Crippen LogP contribution in [-0.4, -0.2) is 25.6 Å². The smallest absolute Gasteiger partial charge is 0.268 e. The van der Waals surface area contributed by atoms with Crippen molar-refractivity contribution >= 4 is 33.1 Å². The lowest BCUT2D eigenvalue weighted by atomic mass is 10.1. The van der Waals surface area contributed by atoms with Gasteiger partial charge in [-0.05, 0) is 49.6 Å². The van der Waals surface area contributed by atoms with Gasteiger partial charge in [0.1, 0.15) is 17.2 Å². The molecule has 0 spiro atoms. The predicted molar refractivity (Wildman–Crippen MR) is 132 cm³/mol. The molecule has 8 nitrogen and oxygen atoms in total. The van der Waals surface area contributed by atoms with Gasteiger partial charge in [-0.15, -0.1) is 11.3 Å². The maximum atomic E-state index is 13.8. The monoisotopic (exact) mass is 489 g/mol. The highest BCUT2D eigenvalue weighted by Crippen LogP contribution is 2.35. The molecule has 0 aliphatic rings. The van der Waals surface area contributed by atoms with Gasteiger partial charge in [0.05, 0.1) is 16.6 Å². The van der Waals surface area contributed by atoms with Crippen LogP contribution in [0.3, 0.4) is 0 Å². The van der Waals surface area contributed by atoms with Gasteiger partial charge in [0.15, 0.2) is 0 Å². The number of aromatic nitrogens is 4. The minimum atomic E-state index is -0.468. The van der Waals surface area contributed by atoms with Crippen LogP contribution in [0.15, 0.2) is 58.1 Å². The highest BCUT2D eigenvalue weighted by atomic mass is 32.1. The number of nitrogens with one attached hydrogen (secondary N) is 1. The summed E-state index contributed by atoms with van der Waals surface area (Å²) in [5.41, 5.74) is 2.96. The maximum absolute atomic E-state index is 13.8. The standard InChI is InChI=1S/C25H20FN5O3S/c1-13-6-4-5-7-17(13)22-29-23(34-30-22)21-15(3)20-24(35-21)27-12-31(25(20)33)11-19(32)28-16-9-8-14(2)18(26)10-16/h4-10,12H,11H2,1-3H3,(H,28,32). The Morgan fingerprint density at radius 2 is 1.94 bits per heavy atom. The van der Waals surface area contributed by atoms with Gasteiger partial charge < -0.3 is 9.84 Å². The highest BCUT2D eigenvalue weighted by Gasteiger charge is 2.21. The molecule has 0 atom stereocenters. The number of carbonyl (C=O) groups excluding carboxylic acids is 1. The number of fused-ring (bicyclic) bond motifs is 1. The van der Waals surface area contributed by atoms with Gasteiger partial charge in [0.2, 0.25) is 11.7 Å². The van der Waals surface area contributed by atoms with Gasteiger partial charge in [-0.2, -0.15) is 4.98 Å². The fraction of sp³-hybridized carbons (Fsp3) is 0.160. The predicted octanol–water partition coefficient (Wildman–Crippen LogP) is 4.88. The summed E-state index contributed by atoms with van der Waals surface area (Å²) in [6, 6.07) is 12.1. The third kappa shape index (κ3) is 4.24. The van der Waals surface area contributed by atoms with E-state index in [2.05, 4.69) is 20.4 Å². The minimum absolute atomic E-state index is 0.264. The van der Waals surface area contributed by atoms with Crippen molar-refractivity contribution in [2.45, 2.75) is 27.3 Å². The first kappa shape index (κ1) is 22.6. The van der Waals surface area contributed by atoms with E-state index in [1.54, 1.807) is 26.0 Å². The molecule has 3 aromatic heterocycles. The first-order valence-corrected chi connectivity index (χ1v) is 11.6. The second-order valence-corrected chi connectivity index (χ2v) is 9.16. The van der Waals surface area contributed by atoms with Crippen LogP contribution in [0, 0.1) is 26.6 Å². The van der Waals surface area contributed by atoms with Gasteiger partial charge in [0.25, 0.3) is 11.4 Å². The Morgan fingerprint density at radius 1 is 1.14 bits per heavy atom. The van der Waals surface area contributed by atoms with Gasteiger partial charge in [-0.1, -0.05) is 35.5 Å². The third-order valence-corrected chi connectivity index (χ3v) is 6.88. The first-order valence-electron chi connectivity index (χ1n) is 10.8. The van der Waals surface area contributed by atoms with E-state index in [-0.39, 0.29) is 12.1 Å². The lowest BCUT2D eigenvalue weighted by molar-refractivity contribution is -0.116. The molecule has 0 radical (unpaired) electrons. The Hall–Kier alpha value is -4.18. The normalized spacial score (nSPS) is 11.2. The van der Waals surface area contributed by atoms with Crippen LogP contribution >= 0.6 is 11.3 Å². The van der Waals surface area contributed by atoms with Gasteiger partial charge in [-0.3, -0.25) is 14.2 Å². The summed E-state index contributed by atoms with van der Waals surface area (Å²) in [7, 11) is 0. The Kier molecular flexibility index (Phi) is 5.73. The number of rotatable bonds is 5. The number of hydrogen-bond donors (Lipinski definition) is 1. The minimum Gasteiger partial charge on any atom is -0.333 e. The van der Waals surface area contributed by atoms with E-state index in [0.29, 0.717) is 43.6 Å². The van der Waals surface area contributed by atoms with Crippen LogP contribution in [0.4, 0.5) is 10.1 Å². The quantitative estimate of drug-likeness (QED) is 0.378. The van der Waals surface area contributed by atoms with Crippen molar-refractivity contribution in [3.05, 3.63) is 81.7 Å². The molecule has 1 amide bonds. The molecule has 0 unspecified atom stereocenters. The summed E-state index contributed by atoms with van der Waals surface area (Å²) < 4.78 is 20.5. The molecule has 0 saturated carbocycles. The fourth-order valence-corrected chi connectivity index (χ4v) is 4.81. The fourth-order valence-electron chi connectivity index (χ4n) is 3.75. The first-order chi connectivity index (χ1) is 16.8. The molecule has 0 aliphatic heterocycles. The average molecular weight is 490 g/mol. The largest absolute Gasteiger partial charge is 0.333 e. The van der Waals surface area contributed by atoms with E-state index in [0.717, 1.165) is 11.1 Å². The summed E-state index contributed by atoms with van der Waals surface area (Å²) >= 11 is 1.27. The maximum Gasteiger partial charge on any atom is 0.268 e. The zero-order valence-electron chi connectivity index (χ0n) is 19.1. The van der Waals surface area contributed by atoms with Crippen molar-refractivity contribution < 1.29 is 13.7 Å². The van der Waals surface area contributed by atoms with Gasteiger partial charge in [0, 0.05) is 11.3 Å². The Labute approximate surface area is 203 Å². The van der Waals surface area contributed by atoms with E-state index in [1.807, 2.05) is 31.2 Å². The number of anilines is 1. The molecular formula is C25H20FN5O3S. The topological polar surface area (TPSA) is 103 Å². The van der Waals surface area contributed by atoms with Crippen molar-refractivity contribution in [3.63, 3.8) is 0 Å². The van der Waals surface area contributed by atoms with Crippen LogP contribution < -0.4 is 10.9 Å². The van der Waals surface area contributed by atoms with Crippen molar-refractivity contribution in [1.29, 1.82) is 0 Å². The second kappa shape index (κ2) is 8.88. The van der Waals surface area contributed by atoms with Crippen molar-refractivity contribution in [2.75, 3.05) is 5.32 Å². The molecule has 5 aromatic rings. The summed E-state index contributed by atoms with van der Waals surface area (Å²) in [5.74, 6) is -0.126. The zero-order valence-corrected chi connectivity index (χ0v) is 19.9. The average Bonchev–Trinajstić information content (AvgIpc) is 3.43. The molecule has 5 rings (SSSR count). The van der Waals surface area contributed by atoms with Gasteiger partial charge >= 0.3 is 0 Å². The van der Waals surface area contributed by atoms with E-state index in [1.165, 1.54) is 28.3 Å². The van der Waals surface area contributed by atoms with Crippen molar-refractivity contribution in [2.24, 2.45) is 0 Å². The van der Waals surface area contributed by atoms with E-state index in [9.17, 15) is 14.0 Å². The molecule has 1 N–H and O–H groups in total. The second-order valence-electron chi connectivity index (χ2n) is 8.16. The molecule has 3 heterocycles. The van der Waals surface area contributed by atoms with E-state index >= 15 is 0 Å². The Morgan fingerprint density at radius 3 is 2.71 bits per heavy atom. The molecule has 10 heteroatoms. The van der Waals surface area contributed by atoms with Crippen LogP contribution in [0.1, 0.15) is 16.7 Å². The van der Waals surface area contributed by atoms with Gasteiger partial charge in [-0.25, -0.2) is 9.37 Å². The van der Waals surface area contributed by atoms with E-state index in [4.69, 9.17) is 4.52 Å². The SMILES string of the molecule is Cc1ccc(NC(=O)Cn2cnc3sc(-c4nc(-c5ccccc5C)no4)c(C)c3c2=O)cc1F. The van der Waals surface area contributed by atoms with Crippen LogP contribution in [-0.2, 0) is 11.3 Å². The number of halogens is 1. The number of nitrogens with zero attached hydrogens (tertiary/aromatic N) is 4. The summed E-state index contributed by atoms with van der Waals surface area (Å²) in [5, 5.41) is 7.09. The molecule has 2 aromatic carbocycles. The Balaban J connectivity index is 1.44. The van der Waals surface area contributed by atoms with Crippen molar-refractivity contribution in [3.8, 4) is 22.2 Å². The molecule has 0 bridgehead atoms. The molecule has 0 fully saturated rings. The zero-order chi connectivity index (χ0) is 24.7.